The van der Waals surface area contributed by atoms with Crippen molar-refractivity contribution in [1.82, 2.24) is 0 Å². The summed E-state index contributed by atoms with van der Waals surface area (Å²) in [6, 6.07) is 9.62. The van der Waals surface area contributed by atoms with E-state index >= 15 is 0 Å². The molecule has 2 unspecified atom stereocenters. The Balaban J connectivity index is 1.59. The van der Waals surface area contributed by atoms with Crippen LogP contribution in [-0.2, 0) is 38.0 Å². The summed E-state index contributed by atoms with van der Waals surface area (Å²) in [5, 5.41) is 0. The van der Waals surface area contributed by atoms with Crippen LogP contribution in [0.1, 0.15) is 37.4 Å². The van der Waals surface area contributed by atoms with Crippen molar-refractivity contribution in [3.8, 4) is 0 Å². The van der Waals surface area contributed by atoms with Crippen LogP contribution in [0.3, 0.4) is 0 Å². The number of esters is 2. The SMILES string of the molecule is CO[C@@H]1[C@@H](OC)[C@H](c2ccccc2)O[C@@H]2COC(=O)CCC3OC3CCC(=O)O[C@@H]12. The highest BCUT2D eigenvalue weighted by Gasteiger charge is 2.50. The Kier molecular flexibility index (Phi) is 6.67. The summed E-state index contributed by atoms with van der Waals surface area (Å²) in [5.74, 6) is -0.681. The molecule has 3 saturated heterocycles. The van der Waals surface area contributed by atoms with E-state index < -0.39 is 30.5 Å². The smallest absolute Gasteiger partial charge is 0.306 e. The van der Waals surface area contributed by atoms with E-state index in [4.69, 9.17) is 28.4 Å². The number of carbonyl (C=O) groups excluding carboxylic acids is 2. The maximum atomic E-state index is 12.5. The van der Waals surface area contributed by atoms with Crippen LogP contribution in [0, 0.1) is 0 Å². The van der Waals surface area contributed by atoms with Crippen molar-refractivity contribution in [1.29, 1.82) is 0 Å². The van der Waals surface area contributed by atoms with Crippen LogP contribution in [0.25, 0.3) is 0 Å². The van der Waals surface area contributed by atoms with E-state index in [0.29, 0.717) is 12.8 Å². The fourth-order valence-corrected chi connectivity index (χ4v) is 4.29. The number of epoxide rings is 1. The van der Waals surface area contributed by atoms with Crippen molar-refractivity contribution in [3.05, 3.63) is 35.9 Å². The average molecular weight is 420 g/mol. The molecule has 164 valence electrons. The molecule has 3 heterocycles. The van der Waals surface area contributed by atoms with Crippen molar-refractivity contribution in [2.75, 3.05) is 20.8 Å². The summed E-state index contributed by atoms with van der Waals surface area (Å²) in [4.78, 5) is 24.8. The normalized spacial score (nSPS) is 37.3. The highest BCUT2D eigenvalue weighted by Crippen LogP contribution is 2.37. The number of ether oxygens (including phenoxy) is 6. The first-order valence-electron chi connectivity index (χ1n) is 10.4. The predicted octanol–water partition coefficient (Wildman–Crippen LogP) is 1.95. The van der Waals surface area contributed by atoms with Gasteiger partial charge in [-0.05, 0) is 18.4 Å². The molecule has 8 heteroatoms. The van der Waals surface area contributed by atoms with Gasteiger partial charge in [-0.15, -0.1) is 0 Å². The third kappa shape index (κ3) is 4.67. The Bertz CT molecular complexity index is 738. The van der Waals surface area contributed by atoms with Crippen molar-refractivity contribution in [3.63, 3.8) is 0 Å². The number of methoxy groups -OCH3 is 2. The molecule has 7 atom stereocenters. The van der Waals surface area contributed by atoms with Crippen LogP contribution in [-0.4, -0.2) is 69.4 Å². The first kappa shape index (κ1) is 21.2. The highest BCUT2D eigenvalue weighted by atomic mass is 16.6. The fraction of sp³-hybridized carbons (Fsp3) is 0.636. The summed E-state index contributed by atoms with van der Waals surface area (Å²) >= 11 is 0. The van der Waals surface area contributed by atoms with Gasteiger partial charge in [0.05, 0.1) is 12.2 Å². The monoisotopic (exact) mass is 420 g/mol. The van der Waals surface area contributed by atoms with Gasteiger partial charge in [0, 0.05) is 27.1 Å². The molecule has 0 N–H and O–H groups in total. The first-order valence-corrected chi connectivity index (χ1v) is 10.4. The Hall–Kier alpha value is -2.00. The molecule has 3 aliphatic rings. The minimum Gasteiger partial charge on any atom is -0.463 e. The molecular formula is C22H28O8. The summed E-state index contributed by atoms with van der Waals surface area (Å²) in [6.07, 6.45) is -1.33. The van der Waals surface area contributed by atoms with Crippen molar-refractivity contribution >= 4 is 11.9 Å². The lowest BCUT2D eigenvalue weighted by molar-refractivity contribution is -0.253. The molecular weight excluding hydrogens is 392 g/mol. The second kappa shape index (κ2) is 9.43. The zero-order chi connectivity index (χ0) is 21.1. The van der Waals surface area contributed by atoms with Gasteiger partial charge in [0.2, 0.25) is 0 Å². The van der Waals surface area contributed by atoms with Crippen LogP contribution >= 0.6 is 0 Å². The van der Waals surface area contributed by atoms with E-state index in [0.717, 1.165) is 5.56 Å². The maximum Gasteiger partial charge on any atom is 0.306 e. The Morgan fingerprint density at radius 1 is 0.833 bits per heavy atom. The third-order valence-corrected chi connectivity index (χ3v) is 5.94. The molecule has 3 fully saturated rings. The van der Waals surface area contributed by atoms with Crippen molar-refractivity contribution in [2.45, 2.75) is 68.4 Å². The Morgan fingerprint density at radius 2 is 1.50 bits per heavy atom. The molecule has 3 aliphatic heterocycles. The molecule has 8 nitrogen and oxygen atoms in total. The first-order chi connectivity index (χ1) is 14.6. The summed E-state index contributed by atoms with van der Waals surface area (Å²) < 4.78 is 34.5. The van der Waals surface area contributed by atoms with Crippen LogP contribution in [0.2, 0.25) is 0 Å². The highest BCUT2D eigenvalue weighted by molar-refractivity contribution is 5.70. The summed E-state index contributed by atoms with van der Waals surface area (Å²) in [5.41, 5.74) is 0.905. The lowest BCUT2D eigenvalue weighted by Crippen LogP contribution is -2.58. The molecule has 0 aliphatic carbocycles. The van der Waals surface area contributed by atoms with Gasteiger partial charge in [0.1, 0.15) is 31.0 Å². The van der Waals surface area contributed by atoms with Crippen LogP contribution in [0.5, 0.6) is 0 Å². The molecule has 4 rings (SSSR count). The lowest BCUT2D eigenvalue weighted by atomic mass is 9.90. The summed E-state index contributed by atoms with van der Waals surface area (Å²) in [7, 11) is 3.12. The van der Waals surface area contributed by atoms with Crippen LogP contribution in [0.15, 0.2) is 30.3 Å². The number of rotatable bonds is 3. The van der Waals surface area contributed by atoms with Crippen molar-refractivity contribution in [2.24, 2.45) is 0 Å². The number of hydrogen-bond acceptors (Lipinski definition) is 8. The zero-order valence-electron chi connectivity index (χ0n) is 17.2. The minimum atomic E-state index is -0.767. The largest absolute Gasteiger partial charge is 0.463 e. The zero-order valence-corrected chi connectivity index (χ0v) is 17.2. The van der Waals surface area contributed by atoms with Crippen molar-refractivity contribution < 1.29 is 38.0 Å². The minimum absolute atomic E-state index is 0.00286. The maximum absolute atomic E-state index is 12.5. The van der Waals surface area contributed by atoms with E-state index in [1.54, 1.807) is 14.2 Å². The quantitative estimate of drug-likeness (QED) is 0.541. The molecule has 0 aromatic heterocycles. The van der Waals surface area contributed by atoms with Gasteiger partial charge in [-0.25, -0.2) is 0 Å². The van der Waals surface area contributed by atoms with E-state index in [1.165, 1.54) is 0 Å². The van der Waals surface area contributed by atoms with E-state index in [-0.39, 0.29) is 43.6 Å². The van der Waals surface area contributed by atoms with Crippen LogP contribution < -0.4 is 0 Å². The molecule has 0 bridgehead atoms. The predicted molar refractivity (Wildman–Crippen MR) is 104 cm³/mol. The molecule has 0 amide bonds. The van der Waals surface area contributed by atoms with Gasteiger partial charge in [0.15, 0.2) is 6.10 Å². The second-order valence-electron chi connectivity index (χ2n) is 7.83. The van der Waals surface area contributed by atoms with Gasteiger partial charge >= 0.3 is 11.9 Å². The molecule has 0 radical (unpaired) electrons. The van der Waals surface area contributed by atoms with E-state index in [9.17, 15) is 9.59 Å². The number of cyclic esters (lactones) is 1. The van der Waals surface area contributed by atoms with Gasteiger partial charge in [0.25, 0.3) is 0 Å². The molecule has 30 heavy (non-hydrogen) atoms. The van der Waals surface area contributed by atoms with Gasteiger partial charge in [-0.3, -0.25) is 9.59 Å². The number of carbonyl (C=O) groups is 2. The third-order valence-electron chi connectivity index (χ3n) is 5.94. The van der Waals surface area contributed by atoms with Gasteiger partial charge in [-0.1, -0.05) is 30.3 Å². The Morgan fingerprint density at radius 3 is 2.17 bits per heavy atom. The Labute approximate surface area is 175 Å². The molecule has 1 aromatic rings. The van der Waals surface area contributed by atoms with Gasteiger partial charge < -0.3 is 28.4 Å². The van der Waals surface area contributed by atoms with E-state index in [1.807, 2.05) is 30.3 Å². The number of fused-ring (bicyclic) bond motifs is 2. The molecule has 0 saturated carbocycles. The fourth-order valence-electron chi connectivity index (χ4n) is 4.29. The van der Waals surface area contributed by atoms with E-state index in [2.05, 4.69) is 0 Å². The van der Waals surface area contributed by atoms with Crippen LogP contribution in [0.4, 0.5) is 0 Å². The number of hydrogen-bond donors (Lipinski definition) is 0. The standard InChI is InChI=1S/C22H28O8/c1-25-21-19(13-6-4-3-5-7-13)29-16-12-27-17(23)10-8-14-15(28-14)9-11-18(24)30-20(16)22(21)26-2/h3-7,14-16,19-22H,8-12H2,1-2H3/t14?,15?,16-,19+,20-,21+,22+/m1/s1. The average Bonchev–Trinajstić information content (AvgIpc) is 3.53. The number of benzene rings is 1. The van der Waals surface area contributed by atoms with Gasteiger partial charge in [-0.2, -0.15) is 0 Å². The molecule has 0 spiro atoms. The second-order valence-corrected chi connectivity index (χ2v) is 7.83. The topological polar surface area (TPSA) is 92.8 Å². The summed E-state index contributed by atoms with van der Waals surface area (Å²) in [6.45, 7) is -0.0363. The molecule has 1 aromatic carbocycles. The lowest BCUT2D eigenvalue weighted by Gasteiger charge is -2.45.